The first-order valence-electron chi connectivity index (χ1n) is 5.33. The van der Waals surface area contributed by atoms with Crippen molar-refractivity contribution in [3.8, 4) is 5.75 Å². The smallest absolute Gasteiger partial charge is 0.325 e. The van der Waals surface area contributed by atoms with Gasteiger partial charge in [-0.05, 0) is 31.2 Å². The number of fused-ring (bicyclic) bond motifs is 1. The van der Waals surface area contributed by atoms with Crippen molar-refractivity contribution in [3.63, 3.8) is 0 Å². The van der Waals surface area contributed by atoms with Crippen LogP contribution in [0.1, 0.15) is 17.4 Å². The average molecular weight is 248 g/mol. The number of rotatable bonds is 3. The fourth-order valence-corrected chi connectivity index (χ4v) is 1.58. The number of phenols is 1. The molecule has 1 aromatic heterocycles. The van der Waals surface area contributed by atoms with Gasteiger partial charge in [-0.15, -0.1) is 0 Å². The number of aliphatic carboxylic acids is 1. The van der Waals surface area contributed by atoms with Crippen molar-refractivity contribution in [1.29, 1.82) is 0 Å². The van der Waals surface area contributed by atoms with Gasteiger partial charge in [0, 0.05) is 10.9 Å². The Bertz CT molecular complexity index is 618. The molecule has 0 spiro atoms. The molecule has 6 nitrogen and oxygen atoms in total. The van der Waals surface area contributed by atoms with Gasteiger partial charge in [-0.1, -0.05) is 0 Å². The van der Waals surface area contributed by atoms with Gasteiger partial charge < -0.3 is 20.5 Å². The van der Waals surface area contributed by atoms with Crippen LogP contribution in [-0.2, 0) is 4.79 Å². The third-order valence-corrected chi connectivity index (χ3v) is 2.57. The van der Waals surface area contributed by atoms with Crippen molar-refractivity contribution < 1.29 is 19.8 Å². The van der Waals surface area contributed by atoms with Gasteiger partial charge in [0.2, 0.25) is 0 Å². The summed E-state index contributed by atoms with van der Waals surface area (Å²) in [5.41, 5.74) is 0.949. The van der Waals surface area contributed by atoms with E-state index >= 15 is 0 Å². The third kappa shape index (κ3) is 2.27. The van der Waals surface area contributed by atoms with Gasteiger partial charge in [0.15, 0.2) is 0 Å². The maximum Gasteiger partial charge on any atom is 0.325 e. The van der Waals surface area contributed by atoms with Gasteiger partial charge in [0.05, 0.1) is 0 Å². The van der Waals surface area contributed by atoms with Crippen LogP contribution in [0.3, 0.4) is 0 Å². The maximum atomic E-state index is 11.7. The van der Waals surface area contributed by atoms with Gasteiger partial charge in [0.1, 0.15) is 17.5 Å². The minimum absolute atomic E-state index is 0.104. The molecule has 18 heavy (non-hydrogen) atoms. The number of phenolic OH excluding ortho intramolecular Hbond substituents is 1. The number of carbonyl (C=O) groups excluding carboxylic acids is 1. The van der Waals surface area contributed by atoms with Crippen molar-refractivity contribution in [2.75, 3.05) is 0 Å². The normalized spacial score (nSPS) is 12.3. The molecule has 6 heteroatoms. The fourth-order valence-electron chi connectivity index (χ4n) is 1.58. The molecule has 0 unspecified atom stereocenters. The van der Waals surface area contributed by atoms with Crippen LogP contribution >= 0.6 is 0 Å². The van der Waals surface area contributed by atoms with Crippen molar-refractivity contribution >= 4 is 22.8 Å². The van der Waals surface area contributed by atoms with E-state index in [1.807, 2.05) is 0 Å². The lowest BCUT2D eigenvalue weighted by Gasteiger charge is -2.07. The highest BCUT2D eigenvalue weighted by atomic mass is 16.4. The van der Waals surface area contributed by atoms with Crippen LogP contribution < -0.4 is 5.32 Å². The molecule has 0 aliphatic heterocycles. The SMILES string of the molecule is C[C@H](NC(=O)c1cc2cc(O)ccc2[nH]1)C(=O)O. The molecule has 0 saturated carbocycles. The summed E-state index contributed by atoms with van der Waals surface area (Å²) in [4.78, 5) is 25.2. The number of hydrogen-bond donors (Lipinski definition) is 4. The van der Waals surface area contributed by atoms with Crippen molar-refractivity contribution in [3.05, 3.63) is 30.0 Å². The highest BCUT2D eigenvalue weighted by Gasteiger charge is 2.16. The lowest BCUT2D eigenvalue weighted by Crippen LogP contribution is -2.38. The Morgan fingerprint density at radius 3 is 2.72 bits per heavy atom. The number of hydrogen-bond acceptors (Lipinski definition) is 3. The number of aromatic hydroxyl groups is 1. The average Bonchev–Trinajstić information content (AvgIpc) is 2.71. The van der Waals surface area contributed by atoms with Crippen LogP contribution in [0.5, 0.6) is 5.75 Å². The Morgan fingerprint density at radius 2 is 2.06 bits per heavy atom. The van der Waals surface area contributed by atoms with E-state index < -0.39 is 17.9 Å². The van der Waals surface area contributed by atoms with Crippen LogP contribution in [-0.4, -0.2) is 33.1 Å². The van der Waals surface area contributed by atoms with Gasteiger partial charge >= 0.3 is 5.97 Å². The molecule has 4 N–H and O–H groups in total. The quantitative estimate of drug-likeness (QED) is 0.652. The van der Waals surface area contributed by atoms with Crippen LogP contribution in [0.15, 0.2) is 24.3 Å². The van der Waals surface area contributed by atoms with E-state index in [9.17, 15) is 14.7 Å². The second-order valence-corrected chi connectivity index (χ2v) is 3.99. The van der Waals surface area contributed by atoms with Gasteiger partial charge in [-0.25, -0.2) is 0 Å². The molecule has 1 aromatic carbocycles. The molecule has 2 rings (SSSR count). The van der Waals surface area contributed by atoms with E-state index in [4.69, 9.17) is 5.11 Å². The van der Waals surface area contributed by atoms with E-state index in [2.05, 4.69) is 10.3 Å². The summed E-state index contributed by atoms with van der Waals surface area (Å²) < 4.78 is 0. The molecule has 1 amide bonds. The highest BCUT2D eigenvalue weighted by molar-refractivity contribution is 5.99. The molecule has 1 atom stereocenters. The molecule has 1 heterocycles. The second-order valence-electron chi connectivity index (χ2n) is 3.99. The molecular weight excluding hydrogens is 236 g/mol. The van der Waals surface area contributed by atoms with Crippen LogP contribution in [0.4, 0.5) is 0 Å². The van der Waals surface area contributed by atoms with E-state index in [1.165, 1.54) is 19.1 Å². The van der Waals surface area contributed by atoms with Crippen LogP contribution in [0, 0.1) is 0 Å². The summed E-state index contributed by atoms with van der Waals surface area (Å²) in [7, 11) is 0. The predicted molar refractivity (Wildman–Crippen MR) is 64.5 cm³/mol. The zero-order valence-electron chi connectivity index (χ0n) is 9.60. The standard InChI is InChI=1S/C12H12N2O4/c1-6(12(17)18)13-11(16)10-5-7-4-8(15)2-3-9(7)14-10/h2-6,14-15H,1H3,(H,13,16)(H,17,18)/t6-/m0/s1. The summed E-state index contributed by atoms with van der Waals surface area (Å²) in [5, 5.41) is 21.0. The highest BCUT2D eigenvalue weighted by Crippen LogP contribution is 2.20. The van der Waals surface area contributed by atoms with Crippen molar-refractivity contribution in [2.45, 2.75) is 13.0 Å². The minimum atomic E-state index is -1.10. The molecule has 0 radical (unpaired) electrons. The number of aromatic amines is 1. The molecule has 0 fully saturated rings. The van der Waals surface area contributed by atoms with Gasteiger partial charge in [-0.2, -0.15) is 0 Å². The van der Waals surface area contributed by atoms with Crippen molar-refractivity contribution in [1.82, 2.24) is 10.3 Å². The lowest BCUT2D eigenvalue weighted by atomic mass is 10.2. The molecule has 0 saturated heterocycles. The molecule has 0 aliphatic rings. The van der Waals surface area contributed by atoms with Crippen LogP contribution in [0.25, 0.3) is 10.9 Å². The first-order valence-corrected chi connectivity index (χ1v) is 5.33. The number of H-pyrrole nitrogens is 1. The predicted octanol–water partition coefficient (Wildman–Crippen LogP) is 1.08. The Kier molecular flexibility index (Phi) is 2.93. The summed E-state index contributed by atoms with van der Waals surface area (Å²) in [5.74, 6) is -1.50. The monoisotopic (exact) mass is 248 g/mol. The number of aromatic nitrogens is 1. The second kappa shape index (κ2) is 4.40. The van der Waals surface area contributed by atoms with E-state index in [1.54, 1.807) is 12.1 Å². The van der Waals surface area contributed by atoms with Crippen molar-refractivity contribution in [2.24, 2.45) is 0 Å². The first kappa shape index (κ1) is 12.0. The lowest BCUT2D eigenvalue weighted by molar-refractivity contribution is -0.138. The number of carboxylic acids is 1. The first-order chi connectivity index (χ1) is 8.47. The molecule has 2 aromatic rings. The van der Waals surface area contributed by atoms with Gasteiger partial charge in [-0.3, -0.25) is 9.59 Å². The van der Waals surface area contributed by atoms with E-state index in [0.29, 0.717) is 10.9 Å². The summed E-state index contributed by atoms with van der Waals surface area (Å²) in [6.07, 6.45) is 0. The van der Waals surface area contributed by atoms with Gasteiger partial charge in [0.25, 0.3) is 5.91 Å². The topological polar surface area (TPSA) is 102 Å². The zero-order chi connectivity index (χ0) is 13.3. The summed E-state index contributed by atoms with van der Waals surface area (Å²) in [6, 6.07) is 5.25. The molecule has 0 aliphatic carbocycles. The fraction of sp³-hybridized carbons (Fsp3) is 0.167. The van der Waals surface area contributed by atoms with E-state index in [0.717, 1.165) is 0 Å². The largest absolute Gasteiger partial charge is 0.508 e. The molecular formula is C12H12N2O4. The number of carboxylic acid groups (broad SMARTS) is 1. The number of benzene rings is 1. The minimum Gasteiger partial charge on any atom is -0.508 e. The summed E-state index contributed by atoms with van der Waals surface area (Å²) in [6.45, 7) is 1.38. The Labute approximate surface area is 102 Å². The summed E-state index contributed by atoms with van der Waals surface area (Å²) >= 11 is 0. The molecule has 0 bridgehead atoms. The van der Waals surface area contributed by atoms with E-state index in [-0.39, 0.29) is 11.4 Å². The van der Waals surface area contributed by atoms with Crippen LogP contribution in [0.2, 0.25) is 0 Å². The number of nitrogens with one attached hydrogen (secondary N) is 2. The Balaban J connectivity index is 2.26. The number of amides is 1. The molecule has 94 valence electrons. The zero-order valence-corrected chi connectivity index (χ0v) is 9.60. The Morgan fingerprint density at radius 1 is 1.33 bits per heavy atom. The Hall–Kier alpha value is -2.50. The maximum absolute atomic E-state index is 11.7. The third-order valence-electron chi connectivity index (χ3n) is 2.57. The number of carbonyl (C=O) groups is 2.